The molecule has 37 heavy (non-hydrogen) atoms. The molecular weight excluding hydrogens is 494 g/mol. The zero-order chi connectivity index (χ0) is 26.4. The highest BCUT2D eigenvalue weighted by Crippen LogP contribution is 2.34. The van der Waals surface area contributed by atoms with Crippen LogP contribution in [0.15, 0.2) is 47.4 Å². The third kappa shape index (κ3) is 6.71. The van der Waals surface area contributed by atoms with Gasteiger partial charge in [-0.3, -0.25) is 24.1 Å². The summed E-state index contributed by atoms with van der Waals surface area (Å²) in [7, 11) is 1.47. The highest BCUT2D eigenvalue weighted by Gasteiger charge is 2.37. The van der Waals surface area contributed by atoms with E-state index in [1.807, 2.05) is 31.2 Å². The number of nitrogens with one attached hydrogen (secondary N) is 1. The Morgan fingerprint density at radius 2 is 1.76 bits per heavy atom. The van der Waals surface area contributed by atoms with Gasteiger partial charge in [0.25, 0.3) is 17.1 Å². The summed E-state index contributed by atoms with van der Waals surface area (Å²) in [4.78, 5) is 53.0. The maximum atomic E-state index is 12.9. The zero-order valence-electron chi connectivity index (χ0n) is 20.8. The molecule has 2 aliphatic heterocycles. The van der Waals surface area contributed by atoms with E-state index >= 15 is 0 Å². The lowest BCUT2D eigenvalue weighted by Crippen LogP contribution is -2.44. The number of rotatable bonds is 8. The molecule has 0 atom stereocenters. The van der Waals surface area contributed by atoms with Crippen molar-refractivity contribution in [3.8, 4) is 11.5 Å². The van der Waals surface area contributed by atoms with Gasteiger partial charge in [-0.15, -0.1) is 0 Å². The minimum Gasteiger partial charge on any atom is -0.493 e. The van der Waals surface area contributed by atoms with Gasteiger partial charge in [0.05, 0.1) is 12.0 Å². The number of thioether (sulfide) groups is 1. The fourth-order valence-electron chi connectivity index (χ4n) is 4.04. The number of methoxy groups -OCH3 is 1. The molecule has 1 N–H and O–H groups in total. The molecule has 2 aromatic rings. The Kier molecular flexibility index (Phi) is 8.50. The monoisotopic (exact) mass is 523 g/mol. The van der Waals surface area contributed by atoms with Crippen LogP contribution in [-0.4, -0.2) is 66.1 Å². The summed E-state index contributed by atoms with van der Waals surface area (Å²) in [5.41, 5.74) is 2.38. The number of carbonyl (C=O) groups excluding carboxylic acids is 4. The number of hydrogen-bond donors (Lipinski definition) is 1. The minimum absolute atomic E-state index is 0.210. The molecule has 4 rings (SSSR count). The van der Waals surface area contributed by atoms with Crippen LogP contribution in [0.1, 0.15) is 30.4 Å². The van der Waals surface area contributed by atoms with E-state index in [0.29, 0.717) is 35.8 Å². The number of piperidine rings is 1. The number of nitrogens with zero attached hydrogens (tertiary/aromatic N) is 2. The third-order valence-electron chi connectivity index (χ3n) is 6.06. The van der Waals surface area contributed by atoms with Gasteiger partial charge in [-0.2, -0.15) is 0 Å². The Morgan fingerprint density at radius 1 is 1.03 bits per heavy atom. The fraction of sp³-hybridized carbons (Fsp3) is 0.333. The van der Waals surface area contributed by atoms with Crippen molar-refractivity contribution in [1.29, 1.82) is 0 Å². The molecule has 9 nitrogen and oxygen atoms in total. The number of amides is 4. The van der Waals surface area contributed by atoms with Gasteiger partial charge in [0.1, 0.15) is 6.54 Å². The normalized spacial score (nSPS) is 16.8. The van der Waals surface area contributed by atoms with Gasteiger partial charge in [0, 0.05) is 18.8 Å². The van der Waals surface area contributed by atoms with Crippen LogP contribution in [0.4, 0.5) is 10.5 Å². The van der Waals surface area contributed by atoms with Crippen LogP contribution in [0.5, 0.6) is 11.5 Å². The Bertz CT molecular complexity index is 1220. The SMILES string of the molecule is COc1cc(/C=C2/SC(=O)N(CC(=O)N3CCCCC3)C2=O)ccc1OCC(=O)Nc1ccc(C)cc1. The van der Waals surface area contributed by atoms with Crippen molar-refractivity contribution in [3.63, 3.8) is 0 Å². The second-order valence-electron chi connectivity index (χ2n) is 8.82. The van der Waals surface area contributed by atoms with E-state index in [0.717, 1.165) is 41.5 Å². The molecule has 2 aliphatic rings. The van der Waals surface area contributed by atoms with Crippen LogP contribution < -0.4 is 14.8 Å². The summed E-state index contributed by atoms with van der Waals surface area (Å²) in [6.45, 7) is 2.82. The molecule has 0 saturated carbocycles. The molecule has 0 radical (unpaired) electrons. The quantitative estimate of drug-likeness (QED) is 0.520. The molecule has 4 amide bonds. The average Bonchev–Trinajstić information content (AvgIpc) is 3.16. The van der Waals surface area contributed by atoms with Gasteiger partial charge in [0.15, 0.2) is 18.1 Å². The molecule has 2 fully saturated rings. The number of likely N-dealkylation sites (tertiary alicyclic amines) is 1. The van der Waals surface area contributed by atoms with Crippen molar-refractivity contribution >= 4 is 46.5 Å². The maximum Gasteiger partial charge on any atom is 0.294 e. The van der Waals surface area contributed by atoms with Crippen LogP contribution in [0.3, 0.4) is 0 Å². The molecule has 2 saturated heterocycles. The second-order valence-corrected chi connectivity index (χ2v) is 9.82. The number of carbonyl (C=O) groups is 4. The van der Waals surface area contributed by atoms with Crippen molar-refractivity contribution in [2.45, 2.75) is 26.2 Å². The number of anilines is 1. The van der Waals surface area contributed by atoms with E-state index < -0.39 is 11.1 Å². The average molecular weight is 524 g/mol. The number of imide groups is 1. The summed E-state index contributed by atoms with van der Waals surface area (Å²) in [5.74, 6) is -0.289. The molecule has 0 aromatic heterocycles. The van der Waals surface area contributed by atoms with E-state index in [9.17, 15) is 19.2 Å². The van der Waals surface area contributed by atoms with E-state index in [2.05, 4.69) is 5.32 Å². The van der Waals surface area contributed by atoms with Crippen molar-refractivity contribution in [2.24, 2.45) is 0 Å². The first-order valence-corrected chi connectivity index (χ1v) is 12.9. The van der Waals surface area contributed by atoms with Gasteiger partial charge in [-0.05, 0) is 73.9 Å². The van der Waals surface area contributed by atoms with Crippen LogP contribution in [0.2, 0.25) is 0 Å². The predicted molar refractivity (Wildman–Crippen MR) is 141 cm³/mol. The van der Waals surface area contributed by atoms with Crippen LogP contribution in [0, 0.1) is 6.92 Å². The van der Waals surface area contributed by atoms with Gasteiger partial charge in [-0.1, -0.05) is 23.8 Å². The Balaban J connectivity index is 1.38. The summed E-state index contributed by atoms with van der Waals surface area (Å²) in [6, 6.07) is 12.4. The molecule has 0 spiro atoms. The van der Waals surface area contributed by atoms with E-state index in [4.69, 9.17) is 9.47 Å². The van der Waals surface area contributed by atoms with Crippen LogP contribution >= 0.6 is 11.8 Å². The lowest BCUT2D eigenvalue weighted by Gasteiger charge is -2.27. The Morgan fingerprint density at radius 3 is 2.46 bits per heavy atom. The first kappa shape index (κ1) is 26.3. The largest absolute Gasteiger partial charge is 0.493 e. The summed E-state index contributed by atoms with van der Waals surface area (Å²) in [5, 5.41) is 2.30. The first-order valence-electron chi connectivity index (χ1n) is 12.0. The van der Waals surface area contributed by atoms with Crippen LogP contribution in [0.25, 0.3) is 6.08 Å². The number of ether oxygens (including phenoxy) is 2. The molecule has 2 heterocycles. The van der Waals surface area contributed by atoms with Crippen LogP contribution in [-0.2, 0) is 14.4 Å². The zero-order valence-corrected chi connectivity index (χ0v) is 21.6. The number of hydrogen-bond acceptors (Lipinski definition) is 7. The number of aryl methyl sites for hydroxylation is 1. The molecule has 2 aromatic carbocycles. The smallest absolute Gasteiger partial charge is 0.294 e. The standard InChI is InChI=1S/C27H29N3O6S/c1-18-6-9-20(10-7-18)28-24(31)17-36-21-11-8-19(14-22(21)35-2)15-23-26(33)30(27(34)37-23)16-25(32)29-12-4-3-5-13-29/h6-11,14-15H,3-5,12-13,16-17H2,1-2H3,(H,28,31)/b23-15+. The third-order valence-corrected chi connectivity index (χ3v) is 6.96. The second kappa shape index (κ2) is 12.0. The molecule has 0 aliphatic carbocycles. The van der Waals surface area contributed by atoms with Crippen molar-refractivity contribution < 1.29 is 28.7 Å². The van der Waals surface area contributed by atoms with E-state index in [-0.39, 0.29) is 29.9 Å². The summed E-state index contributed by atoms with van der Waals surface area (Å²) in [6.07, 6.45) is 4.54. The number of benzene rings is 2. The van der Waals surface area contributed by atoms with Crippen molar-refractivity contribution in [1.82, 2.24) is 9.80 Å². The lowest BCUT2D eigenvalue weighted by atomic mass is 10.1. The van der Waals surface area contributed by atoms with Gasteiger partial charge in [-0.25, -0.2) is 0 Å². The van der Waals surface area contributed by atoms with Gasteiger partial charge in [0.2, 0.25) is 5.91 Å². The molecule has 0 bridgehead atoms. The summed E-state index contributed by atoms with van der Waals surface area (Å²) >= 11 is 0.802. The highest BCUT2D eigenvalue weighted by molar-refractivity contribution is 8.18. The minimum atomic E-state index is -0.493. The van der Waals surface area contributed by atoms with Crippen molar-refractivity contribution in [3.05, 3.63) is 58.5 Å². The van der Waals surface area contributed by atoms with Gasteiger partial charge >= 0.3 is 0 Å². The maximum absolute atomic E-state index is 12.9. The highest BCUT2D eigenvalue weighted by atomic mass is 32.2. The van der Waals surface area contributed by atoms with E-state index in [1.165, 1.54) is 7.11 Å². The Hall–Kier alpha value is -3.79. The lowest BCUT2D eigenvalue weighted by molar-refractivity contribution is -0.136. The van der Waals surface area contributed by atoms with Gasteiger partial charge < -0.3 is 19.7 Å². The topological polar surface area (TPSA) is 105 Å². The molecule has 194 valence electrons. The fourth-order valence-corrected chi connectivity index (χ4v) is 4.87. The first-order chi connectivity index (χ1) is 17.8. The molecule has 10 heteroatoms. The Labute approximate surface area is 219 Å². The summed E-state index contributed by atoms with van der Waals surface area (Å²) < 4.78 is 11.0. The molecular formula is C27H29N3O6S. The van der Waals surface area contributed by atoms with Crippen molar-refractivity contribution in [2.75, 3.05) is 38.7 Å². The van der Waals surface area contributed by atoms with E-state index in [1.54, 1.807) is 29.2 Å². The predicted octanol–water partition coefficient (Wildman–Crippen LogP) is 4.07. The molecule has 0 unspecified atom stereocenters.